The lowest BCUT2D eigenvalue weighted by atomic mass is 10.2. The average Bonchev–Trinajstić information content (AvgIpc) is 2.81. The van der Waals surface area contributed by atoms with Gasteiger partial charge in [-0.1, -0.05) is 34.1 Å². The van der Waals surface area contributed by atoms with Crippen LogP contribution in [0.4, 0.5) is 0 Å². The summed E-state index contributed by atoms with van der Waals surface area (Å²) in [7, 11) is -3.85. The number of sulfonamides is 1. The van der Waals surface area contributed by atoms with Crippen molar-refractivity contribution in [3.63, 3.8) is 0 Å². The van der Waals surface area contributed by atoms with Gasteiger partial charge in [-0.15, -0.1) is 0 Å². The van der Waals surface area contributed by atoms with Crippen LogP contribution in [-0.2, 0) is 16.6 Å². The molecule has 0 saturated heterocycles. The first-order valence-electron chi connectivity index (χ1n) is 5.88. The van der Waals surface area contributed by atoms with Crippen molar-refractivity contribution in [3.8, 4) is 0 Å². The maximum Gasteiger partial charge on any atom is 0.371 e. The molecule has 1 heterocycles. The summed E-state index contributed by atoms with van der Waals surface area (Å²) in [5, 5.41) is 8.82. The fourth-order valence-corrected chi connectivity index (χ4v) is 3.34. The summed E-state index contributed by atoms with van der Waals surface area (Å²) >= 11 is 3.33. The van der Waals surface area contributed by atoms with Crippen LogP contribution in [0.1, 0.15) is 21.9 Å². The normalized spacial score (nSPS) is 11.5. The number of furan rings is 1. The van der Waals surface area contributed by atoms with Crippen LogP contribution in [-0.4, -0.2) is 19.5 Å². The molecular formula is C13H12BrNO5S. The maximum atomic E-state index is 12.2. The minimum atomic E-state index is -3.85. The van der Waals surface area contributed by atoms with E-state index < -0.39 is 21.8 Å². The van der Waals surface area contributed by atoms with E-state index in [1.807, 2.05) is 6.07 Å². The topological polar surface area (TPSA) is 96.6 Å². The molecule has 1 aromatic carbocycles. The fraction of sp³-hybridized carbons (Fsp3) is 0.154. The number of aryl methyl sites for hydroxylation is 1. The molecule has 0 aliphatic heterocycles. The predicted molar refractivity (Wildman–Crippen MR) is 78.6 cm³/mol. The zero-order valence-corrected chi connectivity index (χ0v) is 13.4. The average molecular weight is 374 g/mol. The minimum Gasteiger partial charge on any atom is -0.475 e. The van der Waals surface area contributed by atoms with Gasteiger partial charge in [-0.3, -0.25) is 0 Å². The maximum absolute atomic E-state index is 12.2. The highest BCUT2D eigenvalue weighted by Crippen LogP contribution is 2.21. The molecule has 6 nitrogen and oxygen atoms in total. The molecule has 0 bridgehead atoms. The van der Waals surface area contributed by atoms with Crippen LogP contribution in [0, 0.1) is 6.92 Å². The lowest BCUT2D eigenvalue weighted by molar-refractivity contribution is 0.0661. The first-order valence-corrected chi connectivity index (χ1v) is 8.15. The van der Waals surface area contributed by atoms with Crippen molar-refractivity contribution < 1.29 is 22.7 Å². The number of hydrogen-bond acceptors (Lipinski definition) is 4. The minimum absolute atomic E-state index is 0.0343. The van der Waals surface area contributed by atoms with E-state index in [1.165, 1.54) is 6.92 Å². The Morgan fingerprint density at radius 2 is 2.05 bits per heavy atom. The Balaban J connectivity index is 2.23. The van der Waals surface area contributed by atoms with Gasteiger partial charge in [0, 0.05) is 17.1 Å². The van der Waals surface area contributed by atoms with Gasteiger partial charge in [0.2, 0.25) is 15.8 Å². The molecular weight excluding hydrogens is 362 g/mol. The number of carbonyl (C=O) groups is 1. The van der Waals surface area contributed by atoms with E-state index in [-0.39, 0.29) is 17.2 Å². The molecule has 0 saturated carbocycles. The number of carboxylic acid groups (broad SMARTS) is 1. The van der Waals surface area contributed by atoms with Crippen LogP contribution in [0.25, 0.3) is 0 Å². The van der Waals surface area contributed by atoms with Crippen molar-refractivity contribution in [1.29, 1.82) is 0 Å². The number of rotatable bonds is 5. The summed E-state index contributed by atoms with van der Waals surface area (Å²) in [6.07, 6.45) is 0. The van der Waals surface area contributed by atoms with Crippen LogP contribution in [0.15, 0.2) is 44.1 Å². The standard InChI is InChI=1S/C13H12BrNO5S/c1-8-12(6-11(20-8)13(16)17)21(18,19)15-7-9-4-2-3-5-10(9)14/h2-6,15H,7H2,1H3,(H,16,17). The van der Waals surface area contributed by atoms with E-state index in [4.69, 9.17) is 9.52 Å². The smallest absolute Gasteiger partial charge is 0.371 e. The van der Waals surface area contributed by atoms with Gasteiger partial charge in [-0.05, 0) is 18.6 Å². The van der Waals surface area contributed by atoms with Crippen LogP contribution >= 0.6 is 15.9 Å². The second kappa shape index (κ2) is 6.00. The number of hydrogen-bond donors (Lipinski definition) is 2. The van der Waals surface area contributed by atoms with Crippen LogP contribution in [0.2, 0.25) is 0 Å². The quantitative estimate of drug-likeness (QED) is 0.839. The van der Waals surface area contributed by atoms with Crippen LogP contribution in [0.3, 0.4) is 0 Å². The molecule has 0 unspecified atom stereocenters. The second-order valence-corrected chi connectivity index (χ2v) is 6.84. The van der Waals surface area contributed by atoms with Crippen LogP contribution < -0.4 is 4.72 Å². The predicted octanol–water partition coefficient (Wildman–Crippen LogP) is 2.53. The lowest BCUT2D eigenvalue weighted by Crippen LogP contribution is -2.23. The van der Waals surface area contributed by atoms with Gasteiger partial charge in [0.25, 0.3) is 0 Å². The van der Waals surface area contributed by atoms with Crippen LogP contribution in [0.5, 0.6) is 0 Å². The summed E-state index contributed by atoms with van der Waals surface area (Å²) in [5.41, 5.74) is 0.765. The summed E-state index contributed by atoms with van der Waals surface area (Å²) in [6.45, 7) is 1.48. The third-order valence-electron chi connectivity index (χ3n) is 2.78. The number of halogens is 1. The fourth-order valence-electron chi connectivity index (χ4n) is 1.73. The molecule has 8 heteroatoms. The molecule has 0 radical (unpaired) electrons. The molecule has 0 spiro atoms. The third kappa shape index (κ3) is 3.52. The highest BCUT2D eigenvalue weighted by atomic mass is 79.9. The molecule has 21 heavy (non-hydrogen) atoms. The van der Waals surface area contributed by atoms with Gasteiger partial charge < -0.3 is 9.52 Å². The first kappa shape index (κ1) is 15.7. The van der Waals surface area contributed by atoms with Gasteiger partial charge in [0.1, 0.15) is 10.7 Å². The Labute approximate surface area is 130 Å². The highest BCUT2D eigenvalue weighted by Gasteiger charge is 2.23. The molecule has 0 aliphatic rings. The molecule has 112 valence electrons. The SMILES string of the molecule is Cc1oc(C(=O)O)cc1S(=O)(=O)NCc1ccccc1Br. The third-order valence-corrected chi connectivity index (χ3v) is 5.07. The monoisotopic (exact) mass is 373 g/mol. The van der Waals surface area contributed by atoms with Crippen molar-refractivity contribution in [1.82, 2.24) is 4.72 Å². The van der Waals surface area contributed by atoms with Crippen molar-refractivity contribution in [3.05, 3.63) is 51.9 Å². The first-order chi connectivity index (χ1) is 9.81. The Kier molecular flexibility index (Phi) is 4.50. The molecule has 2 aromatic rings. The van der Waals surface area contributed by atoms with Crippen molar-refractivity contribution in [2.75, 3.05) is 0 Å². The number of benzene rings is 1. The van der Waals surface area contributed by atoms with E-state index in [2.05, 4.69) is 20.7 Å². The van der Waals surface area contributed by atoms with Gasteiger partial charge in [-0.25, -0.2) is 17.9 Å². The van der Waals surface area contributed by atoms with E-state index in [0.29, 0.717) is 0 Å². The van der Waals surface area contributed by atoms with Crippen molar-refractivity contribution in [2.45, 2.75) is 18.4 Å². The van der Waals surface area contributed by atoms with E-state index in [1.54, 1.807) is 18.2 Å². The highest BCUT2D eigenvalue weighted by molar-refractivity contribution is 9.10. The van der Waals surface area contributed by atoms with Crippen molar-refractivity contribution in [2.24, 2.45) is 0 Å². The largest absolute Gasteiger partial charge is 0.475 e. The molecule has 2 rings (SSSR count). The molecule has 0 fully saturated rings. The number of carboxylic acids is 1. The molecule has 0 atom stereocenters. The lowest BCUT2D eigenvalue weighted by Gasteiger charge is -2.07. The van der Waals surface area contributed by atoms with Gasteiger partial charge >= 0.3 is 5.97 Å². The number of aromatic carboxylic acids is 1. The number of nitrogens with one attached hydrogen (secondary N) is 1. The second-order valence-electron chi connectivity index (χ2n) is 4.25. The van der Waals surface area contributed by atoms with Gasteiger partial charge in [0.05, 0.1) is 0 Å². The Hall–Kier alpha value is -1.64. The van der Waals surface area contributed by atoms with E-state index in [0.717, 1.165) is 16.1 Å². The zero-order valence-electron chi connectivity index (χ0n) is 11.0. The molecule has 0 aliphatic carbocycles. The summed E-state index contributed by atoms with van der Waals surface area (Å²) in [4.78, 5) is 10.6. The van der Waals surface area contributed by atoms with Gasteiger partial charge in [0.15, 0.2) is 0 Å². The zero-order chi connectivity index (χ0) is 15.6. The summed E-state index contributed by atoms with van der Waals surface area (Å²) < 4.78 is 32.5. The Morgan fingerprint density at radius 3 is 2.62 bits per heavy atom. The molecule has 1 aromatic heterocycles. The molecule has 0 amide bonds. The Bertz CT molecular complexity index is 782. The molecule has 2 N–H and O–H groups in total. The van der Waals surface area contributed by atoms with E-state index >= 15 is 0 Å². The van der Waals surface area contributed by atoms with Crippen molar-refractivity contribution >= 4 is 31.9 Å². The summed E-state index contributed by atoms with van der Waals surface area (Å²) in [5.74, 6) is -1.69. The van der Waals surface area contributed by atoms with E-state index in [9.17, 15) is 13.2 Å². The Morgan fingerprint density at radius 1 is 1.38 bits per heavy atom. The van der Waals surface area contributed by atoms with Gasteiger partial charge in [-0.2, -0.15) is 0 Å². The summed E-state index contributed by atoms with van der Waals surface area (Å²) in [6, 6.07) is 8.19.